The van der Waals surface area contributed by atoms with Gasteiger partial charge in [0.25, 0.3) is 5.91 Å². The van der Waals surface area contributed by atoms with Crippen LogP contribution in [0.25, 0.3) is 0 Å². The number of amides is 2. The number of nitrogens with two attached hydrogens (primary N) is 1. The Balaban J connectivity index is 1.84. The lowest BCUT2D eigenvalue weighted by molar-refractivity contribution is 0.0688. The molecule has 0 bridgehead atoms. The number of carbonyl (C=O) groups is 2. The molecule has 1 aromatic carbocycles. The van der Waals surface area contributed by atoms with Crippen LogP contribution in [0.5, 0.6) is 0 Å². The van der Waals surface area contributed by atoms with Gasteiger partial charge >= 0.3 is 6.09 Å². The van der Waals surface area contributed by atoms with E-state index in [1.54, 1.807) is 4.90 Å². The molecule has 0 saturated carbocycles. The van der Waals surface area contributed by atoms with Gasteiger partial charge in [0.2, 0.25) is 0 Å². The maximum absolute atomic E-state index is 13.2. The largest absolute Gasteiger partial charge is 0.449 e. The number of aromatic nitrogens is 2. The normalized spacial score (nSPS) is 18.5. The molecule has 0 unspecified atom stereocenters. The first kappa shape index (κ1) is 22.1. The molecule has 1 aliphatic rings. The van der Waals surface area contributed by atoms with Crippen molar-refractivity contribution in [2.24, 2.45) is 17.6 Å². The van der Waals surface area contributed by atoms with E-state index in [4.69, 9.17) is 10.5 Å². The summed E-state index contributed by atoms with van der Waals surface area (Å²) < 4.78 is 20.0. The summed E-state index contributed by atoms with van der Waals surface area (Å²) in [6.45, 7) is 4.81. The summed E-state index contributed by atoms with van der Waals surface area (Å²) in [4.78, 5) is 25.9. The topological polar surface area (TPSA) is 126 Å². The van der Waals surface area contributed by atoms with Crippen LogP contribution in [0.3, 0.4) is 0 Å². The van der Waals surface area contributed by atoms with Crippen LogP contribution >= 0.6 is 0 Å². The quantitative estimate of drug-likeness (QED) is 0.728. The highest BCUT2D eigenvalue weighted by Gasteiger charge is 2.35. The Morgan fingerprint density at radius 2 is 2.10 bits per heavy atom. The number of likely N-dealkylation sites (tertiary alicyclic amines) is 1. The van der Waals surface area contributed by atoms with Crippen LogP contribution in [0, 0.1) is 29.0 Å². The molecule has 2 amide bonds. The second-order valence-electron chi connectivity index (χ2n) is 7.88. The average molecular weight is 428 g/mol. The molecule has 3 N–H and O–H groups in total. The van der Waals surface area contributed by atoms with Crippen LogP contribution in [0.1, 0.15) is 36.7 Å². The molecule has 1 fully saturated rings. The Morgan fingerprint density at radius 3 is 2.71 bits per heavy atom. The highest BCUT2D eigenvalue weighted by atomic mass is 19.1. The molecule has 0 aliphatic carbocycles. The standard InChI is InChI=1S/C21H25FN6O3/c1-13(2)12-31-21(30)27-8-7-14(9-23)18(11-27)28-10-17(19(24)29)20(26-28)25-16-5-3-15(22)4-6-16/h3-6,10,13-14,18H,7-8,11-12H2,1-2H3,(H2,24,29)(H,25,26)/t14-,18+/m0/s1. The van der Waals surface area contributed by atoms with Gasteiger partial charge in [0, 0.05) is 25.0 Å². The summed E-state index contributed by atoms with van der Waals surface area (Å²) in [5.74, 6) is -1.10. The van der Waals surface area contributed by atoms with Crippen molar-refractivity contribution in [2.45, 2.75) is 26.3 Å². The first-order valence-electron chi connectivity index (χ1n) is 10.0. The van der Waals surface area contributed by atoms with Crippen LogP contribution in [0.15, 0.2) is 30.5 Å². The Bertz CT molecular complexity index is 982. The maximum Gasteiger partial charge on any atom is 0.409 e. The van der Waals surface area contributed by atoms with Crippen molar-refractivity contribution >= 4 is 23.5 Å². The molecular weight excluding hydrogens is 403 g/mol. The van der Waals surface area contributed by atoms with Crippen molar-refractivity contribution < 1.29 is 18.7 Å². The Labute approximate surface area is 179 Å². The third-order valence-electron chi connectivity index (χ3n) is 4.99. The predicted octanol–water partition coefficient (Wildman–Crippen LogP) is 3.04. The number of hydrogen-bond donors (Lipinski definition) is 2. The van der Waals surface area contributed by atoms with Crippen molar-refractivity contribution in [3.05, 3.63) is 41.8 Å². The number of primary amides is 1. The van der Waals surface area contributed by atoms with Crippen molar-refractivity contribution in [1.82, 2.24) is 14.7 Å². The molecule has 1 saturated heterocycles. The zero-order valence-corrected chi connectivity index (χ0v) is 17.4. The minimum atomic E-state index is -0.701. The number of benzene rings is 1. The van der Waals surface area contributed by atoms with Gasteiger partial charge in [-0.05, 0) is 36.6 Å². The van der Waals surface area contributed by atoms with Crippen LogP contribution in [0.4, 0.5) is 20.7 Å². The number of nitrogens with one attached hydrogen (secondary N) is 1. The highest BCUT2D eigenvalue weighted by Crippen LogP contribution is 2.30. The molecule has 10 heteroatoms. The van der Waals surface area contributed by atoms with Gasteiger partial charge < -0.3 is 20.7 Å². The van der Waals surface area contributed by atoms with E-state index in [-0.39, 0.29) is 23.8 Å². The van der Waals surface area contributed by atoms with Crippen LogP contribution in [-0.4, -0.2) is 46.4 Å². The lowest BCUT2D eigenvalue weighted by atomic mass is 9.93. The second-order valence-corrected chi connectivity index (χ2v) is 7.88. The minimum Gasteiger partial charge on any atom is -0.449 e. The summed E-state index contributed by atoms with van der Waals surface area (Å²) in [7, 11) is 0. The van der Waals surface area contributed by atoms with Gasteiger partial charge in [-0.25, -0.2) is 9.18 Å². The number of nitriles is 1. The van der Waals surface area contributed by atoms with Gasteiger partial charge in [-0.2, -0.15) is 10.4 Å². The first-order valence-corrected chi connectivity index (χ1v) is 10.0. The van der Waals surface area contributed by atoms with Gasteiger partial charge in [-0.3, -0.25) is 9.48 Å². The van der Waals surface area contributed by atoms with Crippen molar-refractivity contribution in [2.75, 3.05) is 25.0 Å². The molecule has 2 atom stereocenters. The summed E-state index contributed by atoms with van der Waals surface area (Å²) >= 11 is 0. The molecular formula is C21H25FN6O3. The Morgan fingerprint density at radius 1 is 1.39 bits per heavy atom. The number of piperidine rings is 1. The number of anilines is 2. The Kier molecular flexibility index (Phi) is 6.74. The van der Waals surface area contributed by atoms with Crippen LogP contribution in [-0.2, 0) is 4.74 Å². The smallest absolute Gasteiger partial charge is 0.409 e. The van der Waals surface area contributed by atoms with E-state index in [1.807, 2.05) is 13.8 Å². The molecule has 9 nitrogen and oxygen atoms in total. The van der Waals surface area contributed by atoms with Crippen LogP contribution in [0.2, 0.25) is 0 Å². The number of hydrogen-bond acceptors (Lipinski definition) is 6. The van der Waals surface area contributed by atoms with E-state index >= 15 is 0 Å². The third-order valence-corrected chi connectivity index (χ3v) is 4.99. The van der Waals surface area contributed by atoms with E-state index in [1.165, 1.54) is 35.1 Å². The van der Waals surface area contributed by atoms with Crippen molar-refractivity contribution in [1.29, 1.82) is 5.26 Å². The summed E-state index contributed by atoms with van der Waals surface area (Å²) in [6.07, 6.45) is 1.47. The fourth-order valence-electron chi connectivity index (χ4n) is 3.35. The van der Waals surface area contributed by atoms with Crippen LogP contribution < -0.4 is 11.1 Å². The molecule has 0 spiro atoms. The molecule has 1 aliphatic heterocycles. The number of rotatable bonds is 6. The number of nitrogens with zero attached hydrogens (tertiary/aromatic N) is 4. The molecule has 164 valence electrons. The number of halogens is 1. The molecule has 2 aromatic rings. The van der Waals surface area contributed by atoms with Gasteiger partial charge in [-0.15, -0.1) is 0 Å². The molecule has 1 aromatic heterocycles. The van der Waals surface area contributed by atoms with E-state index < -0.39 is 29.8 Å². The fourth-order valence-corrected chi connectivity index (χ4v) is 3.35. The lowest BCUT2D eigenvalue weighted by Gasteiger charge is -2.35. The van der Waals surface area contributed by atoms with E-state index in [0.717, 1.165) is 0 Å². The minimum absolute atomic E-state index is 0.125. The first-order chi connectivity index (χ1) is 14.8. The lowest BCUT2D eigenvalue weighted by Crippen LogP contribution is -2.45. The maximum atomic E-state index is 13.2. The molecule has 0 radical (unpaired) electrons. The van der Waals surface area contributed by atoms with E-state index in [2.05, 4.69) is 16.5 Å². The Hall–Kier alpha value is -3.61. The molecule has 31 heavy (non-hydrogen) atoms. The zero-order chi connectivity index (χ0) is 22.5. The van der Waals surface area contributed by atoms with Crippen molar-refractivity contribution in [3.8, 4) is 6.07 Å². The predicted molar refractivity (Wildman–Crippen MR) is 111 cm³/mol. The monoisotopic (exact) mass is 428 g/mol. The van der Waals surface area contributed by atoms with E-state index in [9.17, 15) is 19.2 Å². The summed E-state index contributed by atoms with van der Waals surface area (Å²) in [5.41, 5.74) is 6.15. The summed E-state index contributed by atoms with van der Waals surface area (Å²) in [6, 6.07) is 7.34. The van der Waals surface area contributed by atoms with Gasteiger partial charge in [0.15, 0.2) is 5.82 Å². The average Bonchev–Trinajstić information content (AvgIpc) is 3.17. The SMILES string of the molecule is CC(C)COC(=O)N1CC[C@@H](C#N)[C@H](n2cc(C(N)=O)c(Nc3ccc(F)cc3)n2)C1. The van der Waals surface area contributed by atoms with Crippen molar-refractivity contribution in [3.63, 3.8) is 0 Å². The van der Waals surface area contributed by atoms with Gasteiger partial charge in [-0.1, -0.05) is 13.8 Å². The third kappa shape index (κ3) is 5.31. The molecule has 3 rings (SSSR count). The second kappa shape index (κ2) is 9.47. The number of carbonyl (C=O) groups excluding carboxylic acids is 2. The highest BCUT2D eigenvalue weighted by molar-refractivity contribution is 5.98. The van der Waals surface area contributed by atoms with Gasteiger partial charge in [0.1, 0.15) is 11.4 Å². The zero-order valence-electron chi connectivity index (χ0n) is 17.4. The summed E-state index contributed by atoms with van der Waals surface area (Å²) in [5, 5.41) is 17.0. The fraction of sp³-hybridized carbons (Fsp3) is 0.429. The number of ether oxygens (including phenoxy) is 1. The molecule has 2 heterocycles. The van der Waals surface area contributed by atoms with E-state index in [0.29, 0.717) is 25.3 Å². The van der Waals surface area contributed by atoms with Gasteiger partial charge in [0.05, 0.1) is 24.6 Å².